The molecular formula is C9H8BrN3OS2. The number of nitrogens with zero attached hydrogens (tertiary/aromatic N) is 3. The number of hydrogen-bond acceptors (Lipinski definition) is 5. The quantitative estimate of drug-likeness (QED) is 0.642. The van der Waals surface area contributed by atoms with E-state index in [1.807, 2.05) is 11.4 Å². The summed E-state index contributed by atoms with van der Waals surface area (Å²) < 4.78 is 2.52. The minimum Gasteiger partial charge on any atom is -0.292 e. The number of hydrogen-bond donors (Lipinski definition) is 0. The second kappa shape index (κ2) is 5.11. The lowest BCUT2D eigenvalue weighted by atomic mass is 10.3. The first-order valence-corrected chi connectivity index (χ1v) is 7.07. The lowest BCUT2D eigenvalue weighted by Crippen LogP contribution is -2.02. The first kappa shape index (κ1) is 11.8. The van der Waals surface area contributed by atoms with E-state index in [4.69, 9.17) is 0 Å². The highest BCUT2D eigenvalue weighted by atomic mass is 79.9. The van der Waals surface area contributed by atoms with E-state index < -0.39 is 0 Å². The van der Waals surface area contributed by atoms with Crippen molar-refractivity contribution in [3.8, 4) is 0 Å². The van der Waals surface area contributed by atoms with E-state index in [1.165, 1.54) is 29.4 Å². The number of Topliss-reactive ketones (excluding diaryl/α,β-unsaturated/α-hetero) is 1. The molecule has 0 spiro atoms. The van der Waals surface area contributed by atoms with Crippen molar-refractivity contribution >= 4 is 44.8 Å². The molecule has 0 aliphatic carbocycles. The van der Waals surface area contributed by atoms with Crippen molar-refractivity contribution in [3.05, 3.63) is 27.1 Å². The highest BCUT2D eigenvalue weighted by Crippen LogP contribution is 2.25. The van der Waals surface area contributed by atoms with Gasteiger partial charge in [0, 0.05) is 11.5 Å². The second-order valence-electron chi connectivity index (χ2n) is 2.98. The summed E-state index contributed by atoms with van der Waals surface area (Å²) in [5.41, 5.74) is 0. The maximum absolute atomic E-state index is 11.8. The Balaban J connectivity index is 1.99. The van der Waals surface area contributed by atoms with Gasteiger partial charge in [-0.2, -0.15) is 5.10 Å². The molecule has 0 aliphatic rings. The molecule has 0 bridgehead atoms. The number of aryl methyl sites for hydroxylation is 1. The van der Waals surface area contributed by atoms with Crippen LogP contribution in [-0.4, -0.2) is 26.3 Å². The van der Waals surface area contributed by atoms with Crippen molar-refractivity contribution in [1.82, 2.24) is 14.8 Å². The fourth-order valence-electron chi connectivity index (χ4n) is 1.10. The van der Waals surface area contributed by atoms with Gasteiger partial charge in [-0.1, -0.05) is 11.8 Å². The van der Waals surface area contributed by atoms with E-state index in [-0.39, 0.29) is 5.78 Å². The zero-order valence-corrected chi connectivity index (χ0v) is 11.6. The number of carbonyl (C=O) groups excluding carboxylic acids is 1. The van der Waals surface area contributed by atoms with Gasteiger partial charge in [0.15, 0.2) is 10.9 Å². The van der Waals surface area contributed by atoms with Gasteiger partial charge in [0.05, 0.1) is 10.6 Å². The standard InChI is InChI=1S/C9H8BrN3OS2/c1-13-9(11-5-12-13)16-4-7(14)8-6(10)2-3-15-8/h2-3,5H,4H2,1H3. The van der Waals surface area contributed by atoms with Gasteiger partial charge in [-0.15, -0.1) is 11.3 Å². The van der Waals surface area contributed by atoms with Crippen molar-refractivity contribution in [2.24, 2.45) is 7.05 Å². The topological polar surface area (TPSA) is 47.8 Å². The van der Waals surface area contributed by atoms with Gasteiger partial charge in [0.1, 0.15) is 6.33 Å². The van der Waals surface area contributed by atoms with Gasteiger partial charge in [0.25, 0.3) is 0 Å². The number of thiophene rings is 1. The smallest absolute Gasteiger partial charge is 0.186 e. The van der Waals surface area contributed by atoms with Crippen LogP contribution in [-0.2, 0) is 7.05 Å². The zero-order chi connectivity index (χ0) is 11.5. The third kappa shape index (κ3) is 2.53. The van der Waals surface area contributed by atoms with E-state index in [1.54, 1.807) is 11.7 Å². The molecule has 0 fully saturated rings. The minimum atomic E-state index is 0.106. The van der Waals surface area contributed by atoms with Crippen LogP contribution in [0, 0.1) is 0 Å². The summed E-state index contributed by atoms with van der Waals surface area (Å²) in [5, 5.41) is 6.59. The van der Waals surface area contributed by atoms with Gasteiger partial charge in [-0.3, -0.25) is 4.79 Å². The minimum absolute atomic E-state index is 0.106. The zero-order valence-electron chi connectivity index (χ0n) is 8.38. The SMILES string of the molecule is Cn1ncnc1SCC(=O)c1sccc1Br. The molecule has 2 rings (SSSR count). The van der Waals surface area contributed by atoms with E-state index in [9.17, 15) is 4.79 Å². The number of halogens is 1. The van der Waals surface area contributed by atoms with Gasteiger partial charge in [-0.25, -0.2) is 9.67 Å². The van der Waals surface area contributed by atoms with Gasteiger partial charge in [-0.05, 0) is 27.4 Å². The van der Waals surface area contributed by atoms with Crippen molar-refractivity contribution in [1.29, 1.82) is 0 Å². The molecule has 0 aliphatic heterocycles. The molecule has 2 heterocycles. The van der Waals surface area contributed by atoms with E-state index in [0.717, 1.165) is 14.5 Å². The molecule has 0 atom stereocenters. The number of carbonyl (C=O) groups is 1. The van der Waals surface area contributed by atoms with E-state index >= 15 is 0 Å². The van der Waals surface area contributed by atoms with E-state index in [2.05, 4.69) is 26.0 Å². The van der Waals surface area contributed by atoms with Crippen LogP contribution in [0.2, 0.25) is 0 Å². The molecule has 0 amide bonds. The number of thioether (sulfide) groups is 1. The molecular weight excluding hydrogens is 310 g/mol. The molecule has 16 heavy (non-hydrogen) atoms. The Kier molecular flexibility index (Phi) is 3.78. The Hall–Kier alpha value is -0.660. The molecule has 0 aromatic carbocycles. The molecule has 0 unspecified atom stereocenters. The Morgan fingerprint density at radius 1 is 1.69 bits per heavy atom. The Morgan fingerprint density at radius 3 is 3.06 bits per heavy atom. The summed E-state index contributed by atoms with van der Waals surface area (Å²) in [7, 11) is 1.81. The summed E-state index contributed by atoms with van der Waals surface area (Å²) >= 11 is 6.19. The number of ketones is 1. The fourth-order valence-corrected chi connectivity index (χ4v) is 3.49. The monoisotopic (exact) mass is 317 g/mol. The summed E-state index contributed by atoms with van der Waals surface area (Å²) in [5.74, 6) is 0.487. The molecule has 0 saturated heterocycles. The van der Waals surface area contributed by atoms with Gasteiger partial charge >= 0.3 is 0 Å². The molecule has 2 aromatic rings. The molecule has 0 radical (unpaired) electrons. The van der Waals surface area contributed by atoms with Crippen molar-refractivity contribution in [2.45, 2.75) is 5.16 Å². The van der Waals surface area contributed by atoms with Gasteiger partial charge < -0.3 is 0 Å². The molecule has 2 aromatic heterocycles. The molecule has 4 nitrogen and oxygen atoms in total. The van der Waals surface area contributed by atoms with Crippen LogP contribution in [0.3, 0.4) is 0 Å². The number of rotatable bonds is 4. The van der Waals surface area contributed by atoms with Crippen LogP contribution in [0.1, 0.15) is 9.67 Å². The lowest BCUT2D eigenvalue weighted by Gasteiger charge is -1.99. The van der Waals surface area contributed by atoms with E-state index in [0.29, 0.717) is 5.75 Å². The van der Waals surface area contributed by atoms with Gasteiger partial charge in [0.2, 0.25) is 0 Å². The first-order chi connectivity index (χ1) is 7.68. The Bertz CT molecular complexity index is 508. The average molecular weight is 318 g/mol. The van der Waals surface area contributed by atoms with Crippen LogP contribution in [0.25, 0.3) is 0 Å². The third-order valence-electron chi connectivity index (χ3n) is 1.87. The summed E-state index contributed by atoms with van der Waals surface area (Å²) in [6.07, 6.45) is 1.48. The summed E-state index contributed by atoms with van der Waals surface area (Å²) in [4.78, 5) is 16.6. The first-order valence-electron chi connectivity index (χ1n) is 4.41. The highest BCUT2D eigenvalue weighted by Gasteiger charge is 2.13. The molecule has 0 saturated carbocycles. The maximum atomic E-state index is 11.8. The normalized spacial score (nSPS) is 10.6. The predicted molar refractivity (Wildman–Crippen MR) is 68.1 cm³/mol. The molecule has 84 valence electrons. The summed E-state index contributed by atoms with van der Waals surface area (Å²) in [6, 6.07) is 1.88. The van der Waals surface area contributed by atoms with Crippen LogP contribution in [0.5, 0.6) is 0 Å². The molecule has 0 N–H and O–H groups in total. The number of aromatic nitrogens is 3. The van der Waals surface area contributed by atoms with Crippen molar-refractivity contribution < 1.29 is 4.79 Å². The molecule has 7 heteroatoms. The van der Waals surface area contributed by atoms with Crippen molar-refractivity contribution in [2.75, 3.05) is 5.75 Å². The highest BCUT2D eigenvalue weighted by molar-refractivity contribution is 9.10. The largest absolute Gasteiger partial charge is 0.292 e. The second-order valence-corrected chi connectivity index (χ2v) is 5.69. The Morgan fingerprint density at radius 2 is 2.50 bits per heavy atom. The maximum Gasteiger partial charge on any atom is 0.186 e. The fraction of sp³-hybridized carbons (Fsp3) is 0.222. The Labute approximate surface area is 109 Å². The van der Waals surface area contributed by atoms with Crippen LogP contribution >= 0.6 is 39.0 Å². The predicted octanol–water partition coefficient (Wildman–Crippen LogP) is 2.61. The van der Waals surface area contributed by atoms with Crippen LogP contribution in [0.4, 0.5) is 0 Å². The average Bonchev–Trinajstić information content (AvgIpc) is 2.84. The van der Waals surface area contributed by atoms with Crippen molar-refractivity contribution in [3.63, 3.8) is 0 Å². The lowest BCUT2D eigenvalue weighted by molar-refractivity contribution is 0.102. The van der Waals surface area contributed by atoms with Crippen LogP contribution < -0.4 is 0 Å². The van der Waals surface area contributed by atoms with Crippen LogP contribution in [0.15, 0.2) is 27.4 Å². The third-order valence-corrected chi connectivity index (χ3v) is 4.79. The summed E-state index contributed by atoms with van der Waals surface area (Å²) in [6.45, 7) is 0.